The number of hydrogen-bond acceptors (Lipinski definition) is 4. The van der Waals surface area contributed by atoms with Crippen molar-refractivity contribution in [2.45, 2.75) is 33.0 Å². The molecule has 2 aromatic rings. The summed E-state index contributed by atoms with van der Waals surface area (Å²) < 4.78 is 5.76. The summed E-state index contributed by atoms with van der Waals surface area (Å²) in [5.74, 6) is -0.744. The minimum absolute atomic E-state index is 0.178. The Kier molecular flexibility index (Phi) is 5.46. The second-order valence-electron chi connectivity index (χ2n) is 7.06. The van der Waals surface area contributed by atoms with Crippen molar-refractivity contribution < 1.29 is 14.3 Å². The monoisotopic (exact) mass is 367 g/mol. The van der Waals surface area contributed by atoms with Crippen LogP contribution in [0.15, 0.2) is 42.5 Å². The number of benzene rings is 2. The van der Waals surface area contributed by atoms with E-state index < -0.39 is 5.91 Å². The number of carbonyl (C=O) groups excluding carboxylic acids is 2. The Hall–Kier alpha value is -2.86. The molecule has 6 nitrogen and oxygen atoms in total. The second kappa shape index (κ2) is 7.80. The van der Waals surface area contributed by atoms with Crippen LogP contribution in [0.2, 0.25) is 0 Å². The van der Waals surface area contributed by atoms with Crippen LogP contribution in [0.3, 0.4) is 0 Å². The van der Waals surface area contributed by atoms with Crippen molar-refractivity contribution in [3.8, 4) is 0 Å². The molecule has 0 bridgehead atoms. The molecule has 6 heteroatoms. The summed E-state index contributed by atoms with van der Waals surface area (Å²) in [6.45, 7) is 7.58. The summed E-state index contributed by atoms with van der Waals surface area (Å²) in [6, 6.07) is 12.6. The molecule has 1 aliphatic rings. The number of amides is 2. The zero-order valence-corrected chi connectivity index (χ0v) is 15.9. The number of anilines is 2. The average Bonchev–Trinajstić information content (AvgIpc) is 2.62. The maximum absolute atomic E-state index is 12.5. The lowest BCUT2D eigenvalue weighted by molar-refractivity contribution is -0.00522. The van der Waals surface area contributed by atoms with Gasteiger partial charge in [-0.2, -0.15) is 0 Å². The van der Waals surface area contributed by atoms with E-state index >= 15 is 0 Å². The molecular formula is C21H25N3O3. The molecule has 27 heavy (non-hydrogen) atoms. The zero-order chi connectivity index (χ0) is 19.6. The van der Waals surface area contributed by atoms with E-state index in [0.717, 1.165) is 24.3 Å². The first-order valence-corrected chi connectivity index (χ1v) is 9.05. The first kappa shape index (κ1) is 18.9. The number of rotatable bonds is 4. The van der Waals surface area contributed by atoms with Gasteiger partial charge in [0, 0.05) is 35.6 Å². The van der Waals surface area contributed by atoms with Crippen LogP contribution in [0, 0.1) is 6.92 Å². The molecule has 2 unspecified atom stereocenters. The normalized spacial score (nSPS) is 19.6. The Balaban J connectivity index is 1.71. The zero-order valence-electron chi connectivity index (χ0n) is 15.9. The number of ether oxygens (including phenoxy) is 1. The van der Waals surface area contributed by atoms with Crippen molar-refractivity contribution in [2.75, 3.05) is 23.3 Å². The molecule has 3 N–H and O–H groups in total. The Morgan fingerprint density at radius 1 is 1.07 bits per heavy atom. The summed E-state index contributed by atoms with van der Waals surface area (Å²) in [5, 5.41) is 2.81. The van der Waals surface area contributed by atoms with Crippen LogP contribution in [-0.4, -0.2) is 37.1 Å². The molecule has 3 rings (SSSR count). The fourth-order valence-electron chi connectivity index (χ4n) is 3.38. The van der Waals surface area contributed by atoms with E-state index in [-0.39, 0.29) is 18.1 Å². The molecular weight excluding hydrogens is 342 g/mol. The molecule has 1 heterocycles. The third-order valence-corrected chi connectivity index (χ3v) is 4.68. The van der Waals surface area contributed by atoms with Gasteiger partial charge in [-0.1, -0.05) is 6.07 Å². The Morgan fingerprint density at radius 2 is 1.70 bits per heavy atom. The Labute approximate surface area is 159 Å². The summed E-state index contributed by atoms with van der Waals surface area (Å²) in [6.07, 6.45) is 0.357. The third-order valence-electron chi connectivity index (χ3n) is 4.68. The van der Waals surface area contributed by atoms with Crippen molar-refractivity contribution >= 4 is 23.2 Å². The molecule has 0 spiro atoms. The Morgan fingerprint density at radius 3 is 2.30 bits per heavy atom. The van der Waals surface area contributed by atoms with E-state index in [1.807, 2.05) is 12.1 Å². The Bertz CT molecular complexity index is 838. The lowest BCUT2D eigenvalue weighted by atomic mass is 10.1. The number of nitrogens with one attached hydrogen (secondary N) is 1. The van der Waals surface area contributed by atoms with Crippen LogP contribution in [0.4, 0.5) is 11.4 Å². The van der Waals surface area contributed by atoms with Gasteiger partial charge in [-0.25, -0.2) is 0 Å². The summed E-state index contributed by atoms with van der Waals surface area (Å²) in [7, 11) is 0. The molecule has 2 amide bonds. The highest BCUT2D eigenvalue weighted by Gasteiger charge is 2.22. The minimum Gasteiger partial charge on any atom is -0.372 e. The van der Waals surface area contributed by atoms with Crippen LogP contribution in [0.5, 0.6) is 0 Å². The van der Waals surface area contributed by atoms with Crippen molar-refractivity contribution in [3.05, 3.63) is 59.2 Å². The highest BCUT2D eigenvalue weighted by Crippen LogP contribution is 2.22. The molecule has 0 saturated carbocycles. The van der Waals surface area contributed by atoms with E-state index in [0.29, 0.717) is 16.8 Å². The maximum atomic E-state index is 12.5. The number of nitrogens with zero attached hydrogens (tertiary/aromatic N) is 1. The quantitative estimate of drug-likeness (QED) is 0.870. The van der Waals surface area contributed by atoms with E-state index in [4.69, 9.17) is 10.5 Å². The van der Waals surface area contributed by atoms with Gasteiger partial charge in [0.15, 0.2) is 0 Å². The minimum atomic E-state index is -0.512. The second-order valence-corrected chi connectivity index (χ2v) is 7.06. The molecule has 0 radical (unpaired) electrons. The first-order chi connectivity index (χ1) is 12.8. The van der Waals surface area contributed by atoms with Gasteiger partial charge >= 0.3 is 0 Å². The summed E-state index contributed by atoms with van der Waals surface area (Å²) in [5.41, 5.74) is 8.71. The van der Waals surface area contributed by atoms with Gasteiger partial charge in [-0.3, -0.25) is 9.59 Å². The predicted octanol–water partition coefficient (Wildman–Crippen LogP) is 2.96. The molecule has 2 aromatic carbocycles. The maximum Gasteiger partial charge on any atom is 0.255 e. The highest BCUT2D eigenvalue weighted by molar-refractivity contribution is 6.05. The summed E-state index contributed by atoms with van der Waals surface area (Å²) in [4.78, 5) is 26.2. The number of nitrogens with two attached hydrogens (primary N) is 1. The van der Waals surface area contributed by atoms with Crippen LogP contribution in [0.25, 0.3) is 0 Å². The first-order valence-electron chi connectivity index (χ1n) is 9.05. The highest BCUT2D eigenvalue weighted by atomic mass is 16.5. The average molecular weight is 367 g/mol. The molecule has 0 aliphatic carbocycles. The van der Waals surface area contributed by atoms with E-state index in [2.05, 4.69) is 24.1 Å². The molecule has 142 valence electrons. The van der Waals surface area contributed by atoms with Crippen LogP contribution >= 0.6 is 0 Å². The van der Waals surface area contributed by atoms with Gasteiger partial charge < -0.3 is 20.7 Å². The topological polar surface area (TPSA) is 84.7 Å². The van der Waals surface area contributed by atoms with Crippen LogP contribution < -0.4 is 16.0 Å². The van der Waals surface area contributed by atoms with E-state index in [1.54, 1.807) is 37.3 Å². The van der Waals surface area contributed by atoms with Crippen LogP contribution in [0.1, 0.15) is 40.1 Å². The summed E-state index contributed by atoms with van der Waals surface area (Å²) >= 11 is 0. The number of aryl methyl sites for hydroxylation is 1. The molecule has 2 atom stereocenters. The fraction of sp³-hybridized carbons (Fsp3) is 0.333. The van der Waals surface area contributed by atoms with Gasteiger partial charge in [0.25, 0.3) is 5.91 Å². The SMILES string of the molecule is Cc1ccc(NC(=O)c2ccc(N3CC(C)OC(C)C3)cc2)cc1C(N)=O. The van der Waals surface area contributed by atoms with Crippen molar-refractivity contribution in [2.24, 2.45) is 5.73 Å². The van der Waals surface area contributed by atoms with Crippen molar-refractivity contribution in [1.82, 2.24) is 0 Å². The lowest BCUT2D eigenvalue weighted by Gasteiger charge is -2.36. The lowest BCUT2D eigenvalue weighted by Crippen LogP contribution is -2.45. The van der Waals surface area contributed by atoms with Gasteiger partial charge in [0.2, 0.25) is 5.91 Å². The van der Waals surface area contributed by atoms with Gasteiger partial charge in [-0.05, 0) is 62.7 Å². The fourth-order valence-corrected chi connectivity index (χ4v) is 3.38. The molecule has 0 aromatic heterocycles. The molecule has 1 saturated heterocycles. The molecule has 1 fully saturated rings. The van der Waals surface area contributed by atoms with Gasteiger partial charge in [-0.15, -0.1) is 0 Å². The number of morpholine rings is 1. The number of carbonyl (C=O) groups is 2. The van der Waals surface area contributed by atoms with Gasteiger partial charge in [0.05, 0.1) is 12.2 Å². The van der Waals surface area contributed by atoms with E-state index in [9.17, 15) is 9.59 Å². The number of hydrogen-bond donors (Lipinski definition) is 2. The van der Waals surface area contributed by atoms with Gasteiger partial charge in [0.1, 0.15) is 0 Å². The standard InChI is InChI=1S/C21H25N3O3/c1-13-4-7-17(10-19(13)20(22)25)23-21(26)16-5-8-18(9-6-16)24-11-14(2)27-15(3)12-24/h4-10,14-15H,11-12H2,1-3H3,(H2,22,25)(H,23,26). The predicted molar refractivity (Wildman–Crippen MR) is 106 cm³/mol. The largest absolute Gasteiger partial charge is 0.372 e. The van der Waals surface area contributed by atoms with E-state index in [1.165, 1.54) is 0 Å². The number of primary amides is 1. The smallest absolute Gasteiger partial charge is 0.255 e. The van der Waals surface area contributed by atoms with Crippen LogP contribution in [-0.2, 0) is 4.74 Å². The third kappa shape index (κ3) is 4.46. The van der Waals surface area contributed by atoms with Crippen molar-refractivity contribution in [3.63, 3.8) is 0 Å². The molecule has 1 aliphatic heterocycles. The van der Waals surface area contributed by atoms with Crippen molar-refractivity contribution in [1.29, 1.82) is 0 Å².